The van der Waals surface area contributed by atoms with E-state index in [-0.39, 0.29) is 22.3 Å². The first-order valence-electron chi connectivity index (χ1n) is 7.70. The van der Waals surface area contributed by atoms with Crippen LogP contribution < -0.4 is 0 Å². The van der Waals surface area contributed by atoms with E-state index in [1.807, 2.05) is 0 Å². The maximum absolute atomic E-state index is 14.2. The minimum atomic E-state index is -0.773. The summed E-state index contributed by atoms with van der Waals surface area (Å²) in [4.78, 5) is 8.25. The van der Waals surface area contributed by atoms with E-state index in [9.17, 15) is 17.6 Å². The molecule has 0 unspecified atom stereocenters. The second kappa shape index (κ2) is 6.22. The molecular formula is C20H10F4N2. The molecule has 0 aliphatic carbocycles. The molecule has 0 saturated carbocycles. The molecule has 0 spiro atoms. The predicted octanol–water partition coefficient (Wildman–Crippen LogP) is 5.52. The maximum atomic E-state index is 14.2. The normalized spacial score (nSPS) is 11.1. The van der Waals surface area contributed by atoms with E-state index in [1.165, 1.54) is 24.5 Å². The number of halogens is 4. The monoisotopic (exact) mass is 354 g/mol. The SMILES string of the molecule is Fc1ccc(-c2ccnc3c(-c4c(F)cccc4F)nccc23)c(F)c1. The molecule has 0 radical (unpaired) electrons. The zero-order valence-corrected chi connectivity index (χ0v) is 13.2. The Bertz CT molecular complexity index is 1120. The molecule has 0 aliphatic heterocycles. The Morgan fingerprint density at radius 2 is 1.38 bits per heavy atom. The molecule has 128 valence electrons. The van der Waals surface area contributed by atoms with Crippen LogP contribution in [0.1, 0.15) is 0 Å². The van der Waals surface area contributed by atoms with Crippen molar-refractivity contribution in [3.05, 3.63) is 84.2 Å². The Morgan fingerprint density at radius 1 is 0.654 bits per heavy atom. The van der Waals surface area contributed by atoms with Crippen molar-refractivity contribution in [2.45, 2.75) is 0 Å². The van der Waals surface area contributed by atoms with Gasteiger partial charge in [-0.1, -0.05) is 6.07 Å². The quantitative estimate of drug-likeness (QED) is 0.443. The van der Waals surface area contributed by atoms with Crippen molar-refractivity contribution < 1.29 is 17.6 Å². The van der Waals surface area contributed by atoms with Crippen molar-refractivity contribution in [1.29, 1.82) is 0 Å². The lowest BCUT2D eigenvalue weighted by Gasteiger charge is -2.11. The number of fused-ring (bicyclic) bond motifs is 1. The summed E-state index contributed by atoms with van der Waals surface area (Å²) in [5.74, 6) is -2.98. The predicted molar refractivity (Wildman–Crippen MR) is 90.2 cm³/mol. The molecule has 0 N–H and O–H groups in total. The fourth-order valence-electron chi connectivity index (χ4n) is 2.93. The van der Waals surface area contributed by atoms with E-state index in [2.05, 4.69) is 9.97 Å². The first-order chi connectivity index (χ1) is 12.6. The highest BCUT2D eigenvalue weighted by Crippen LogP contribution is 2.34. The third-order valence-corrected chi connectivity index (χ3v) is 4.08. The third kappa shape index (κ3) is 2.60. The summed E-state index contributed by atoms with van der Waals surface area (Å²) in [6, 6.07) is 9.87. The van der Waals surface area contributed by atoms with Gasteiger partial charge < -0.3 is 0 Å². The van der Waals surface area contributed by atoms with Gasteiger partial charge in [0.05, 0.1) is 11.1 Å². The summed E-state index contributed by atoms with van der Waals surface area (Å²) in [5, 5.41) is 0.450. The van der Waals surface area contributed by atoms with Gasteiger partial charge in [-0.2, -0.15) is 0 Å². The Kier molecular flexibility index (Phi) is 3.88. The molecule has 2 nitrogen and oxygen atoms in total. The number of rotatable bonds is 2. The highest BCUT2D eigenvalue weighted by atomic mass is 19.1. The molecule has 4 rings (SSSR count). The maximum Gasteiger partial charge on any atom is 0.135 e. The molecule has 0 fully saturated rings. The van der Waals surface area contributed by atoms with Gasteiger partial charge in [-0.3, -0.25) is 9.97 Å². The highest BCUT2D eigenvalue weighted by Gasteiger charge is 2.18. The van der Waals surface area contributed by atoms with Gasteiger partial charge >= 0.3 is 0 Å². The van der Waals surface area contributed by atoms with Crippen LogP contribution in [0, 0.1) is 23.3 Å². The summed E-state index contributed by atoms with van der Waals surface area (Å²) >= 11 is 0. The molecule has 0 atom stereocenters. The fraction of sp³-hybridized carbons (Fsp3) is 0. The summed E-state index contributed by atoms with van der Waals surface area (Å²) in [7, 11) is 0. The molecule has 4 aromatic rings. The van der Waals surface area contributed by atoms with Crippen LogP contribution in [0.5, 0.6) is 0 Å². The standard InChI is InChI=1S/C20H10F4N2/c21-11-4-5-13(17(24)10-11)12-6-8-25-19-14(12)7-9-26-20(19)18-15(22)2-1-3-16(18)23/h1-10H. The Hall–Kier alpha value is -3.28. The van der Waals surface area contributed by atoms with Crippen LogP contribution in [-0.4, -0.2) is 9.97 Å². The summed E-state index contributed by atoms with van der Waals surface area (Å²) in [6.45, 7) is 0. The van der Waals surface area contributed by atoms with Gasteiger partial charge in [-0.15, -0.1) is 0 Å². The summed E-state index contributed by atoms with van der Waals surface area (Å²) in [6.07, 6.45) is 2.76. The molecule has 0 amide bonds. The van der Waals surface area contributed by atoms with E-state index < -0.39 is 23.3 Å². The van der Waals surface area contributed by atoms with Gasteiger partial charge in [-0.05, 0) is 42.0 Å². The number of nitrogens with zero attached hydrogens (tertiary/aromatic N) is 2. The van der Waals surface area contributed by atoms with E-state index in [4.69, 9.17) is 0 Å². The van der Waals surface area contributed by atoms with Crippen LogP contribution >= 0.6 is 0 Å². The minimum Gasteiger partial charge on any atom is -0.254 e. The lowest BCUT2D eigenvalue weighted by atomic mass is 9.99. The Labute approximate surface area is 145 Å². The highest BCUT2D eigenvalue weighted by molar-refractivity contribution is 6.00. The number of aromatic nitrogens is 2. The van der Waals surface area contributed by atoms with Crippen LogP contribution in [0.3, 0.4) is 0 Å². The van der Waals surface area contributed by atoms with Crippen molar-refractivity contribution in [3.8, 4) is 22.4 Å². The van der Waals surface area contributed by atoms with E-state index in [0.717, 1.165) is 24.3 Å². The zero-order chi connectivity index (χ0) is 18.3. The van der Waals surface area contributed by atoms with Crippen molar-refractivity contribution in [2.75, 3.05) is 0 Å². The van der Waals surface area contributed by atoms with Crippen molar-refractivity contribution >= 4 is 10.9 Å². The van der Waals surface area contributed by atoms with Crippen LogP contribution in [0.4, 0.5) is 17.6 Å². The number of benzene rings is 2. The van der Waals surface area contributed by atoms with Crippen molar-refractivity contribution in [2.24, 2.45) is 0 Å². The average Bonchev–Trinajstić information content (AvgIpc) is 2.61. The fourth-order valence-corrected chi connectivity index (χ4v) is 2.93. The summed E-state index contributed by atoms with van der Waals surface area (Å²) in [5.41, 5.74) is 0.514. The first-order valence-corrected chi connectivity index (χ1v) is 7.70. The average molecular weight is 354 g/mol. The van der Waals surface area contributed by atoms with Gasteiger partial charge in [0, 0.05) is 29.4 Å². The largest absolute Gasteiger partial charge is 0.254 e. The van der Waals surface area contributed by atoms with Gasteiger partial charge in [0.15, 0.2) is 0 Å². The smallest absolute Gasteiger partial charge is 0.135 e. The van der Waals surface area contributed by atoms with Crippen molar-refractivity contribution in [1.82, 2.24) is 9.97 Å². The molecule has 26 heavy (non-hydrogen) atoms. The van der Waals surface area contributed by atoms with E-state index >= 15 is 0 Å². The second-order valence-corrected chi connectivity index (χ2v) is 5.64. The minimum absolute atomic E-state index is 0.0162. The molecule has 0 aliphatic rings. The zero-order valence-electron chi connectivity index (χ0n) is 13.2. The Morgan fingerprint density at radius 3 is 2.12 bits per heavy atom. The van der Waals surface area contributed by atoms with E-state index in [1.54, 1.807) is 12.1 Å². The van der Waals surface area contributed by atoms with Gasteiger partial charge in [0.1, 0.15) is 29.0 Å². The van der Waals surface area contributed by atoms with E-state index in [0.29, 0.717) is 10.9 Å². The molecule has 0 bridgehead atoms. The lowest BCUT2D eigenvalue weighted by Crippen LogP contribution is -1.96. The van der Waals surface area contributed by atoms with Crippen molar-refractivity contribution in [3.63, 3.8) is 0 Å². The number of pyridine rings is 2. The molecule has 2 aromatic heterocycles. The second-order valence-electron chi connectivity index (χ2n) is 5.64. The van der Waals surface area contributed by atoms with Crippen LogP contribution in [0.2, 0.25) is 0 Å². The third-order valence-electron chi connectivity index (χ3n) is 4.08. The van der Waals surface area contributed by atoms with Crippen LogP contribution in [0.25, 0.3) is 33.3 Å². The molecule has 6 heteroatoms. The van der Waals surface area contributed by atoms with Gasteiger partial charge in [0.2, 0.25) is 0 Å². The summed E-state index contributed by atoms with van der Waals surface area (Å²) < 4.78 is 55.8. The lowest BCUT2D eigenvalue weighted by molar-refractivity contribution is 0.585. The molecule has 2 heterocycles. The first kappa shape index (κ1) is 16.2. The van der Waals surface area contributed by atoms with Crippen LogP contribution in [-0.2, 0) is 0 Å². The molecule has 2 aromatic carbocycles. The number of hydrogen-bond acceptors (Lipinski definition) is 2. The number of hydrogen-bond donors (Lipinski definition) is 0. The Balaban J connectivity index is 2.03. The molecule has 0 saturated heterocycles. The molecular weight excluding hydrogens is 344 g/mol. The van der Waals surface area contributed by atoms with Crippen LogP contribution in [0.15, 0.2) is 60.9 Å². The van der Waals surface area contributed by atoms with Gasteiger partial charge in [-0.25, -0.2) is 17.6 Å². The topological polar surface area (TPSA) is 25.8 Å². The van der Waals surface area contributed by atoms with Gasteiger partial charge in [0.25, 0.3) is 0 Å².